The Balaban J connectivity index is 2.64. The van der Waals surface area contributed by atoms with Gasteiger partial charge in [0.2, 0.25) is 0 Å². The van der Waals surface area contributed by atoms with E-state index >= 15 is 0 Å². The Hall–Kier alpha value is -1.75. The molecule has 3 nitrogen and oxygen atoms in total. The van der Waals surface area contributed by atoms with Crippen LogP contribution < -0.4 is 0 Å². The summed E-state index contributed by atoms with van der Waals surface area (Å²) in [6.45, 7) is 1.87. The third-order valence-electron chi connectivity index (χ3n) is 2.75. The van der Waals surface area contributed by atoms with Crippen molar-refractivity contribution in [1.29, 1.82) is 0 Å². The van der Waals surface area contributed by atoms with Crippen LogP contribution in [-0.4, -0.2) is 15.9 Å². The van der Waals surface area contributed by atoms with Gasteiger partial charge in [0.05, 0.1) is 11.4 Å². The summed E-state index contributed by atoms with van der Waals surface area (Å²) in [5.41, 5.74) is 2.41. The molecule has 2 aromatic rings. The molecule has 98 valence electrons. The first-order chi connectivity index (χ1) is 9.15. The minimum Gasteiger partial charge on any atom is -0.411 e. The van der Waals surface area contributed by atoms with Gasteiger partial charge in [-0.05, 0) is 36.8 Å². The number of halogens is 2. The van der Waals surface area contributed by atoms with E-state index < -0.39 is 0 Å². The zero-order chi connectivity index (χ0) is 13.8. The van der Waals surface area contributed by atoms with Crippen LogP contribution >= 0.6 is 15.9 Å². The van der Waals surface area contributed by atoms with Crippen molar-refractivity contribution in [2.75, 3.05) is 0 Å². The van der Waals surface area contributed by atoms with Crippen LogP contribution in [0, 0.1) is 5.82 Å². The number of pyridine rings is 1. The van der Waals surface area contributed by atoms with Crippen LogP contribution in [0.3, 0.4) is 0 Å². The Labute approximate surface area is 118 Å². The first-order valence-corrected chi connectivity index (χ1v) is 6.57. The summed E-state index contributed by atoms with van der Waals surface area (Å²) in [7, 11) is 0. The summed E-state index contributed by atoms with van der Waals surface area (Å²) in [4.78, 5) is 4.23. The van der Waals surface area contributed by atoms with Gasteiger partial charge in [-0.2, -0.15) is 0 Å². The zero-order valence-corrected chi connectivity index (χ0v) is 11.9. The van der Waals surface area contributed by atoms with Crippen molar-refractivity contribution in [3.05, 3.63) is 52.4 Å². The van der Waals surface area contributed by atoms with E-state index in [9.17, 15) is 4.39 Å². The monoisotopic (exact) mass is 322 g/mol. The molecule has 1 N–H and O–H groups in total. The number of hydrogen-bond donors (Lipinski definition) is 1. The first kappa shape index (κ1) is 13.7. The molecule has 0 aliphatic carbocycles. The lowest BCUT2D eigenvalue weighted by atomic mass is 9.98. The van der Waals surface area contributed by atoms with Gasteiger partial charge in [0.1, 0.15) is 5.82 Å². The maximum Gasteiger partial charge on any atom is 0.123 e. The summed E-state index contributed by atoms with van der Waals surface area (Å²) in [5, 5.41) is 12.3. The lowest BCUT2D eigenvalue weighted by Gasteiger charge is -2.10. The van der Waals surface area contributed by atoms with Crippen LogP contribution in [0.4, 0.5) is 4.39 Å². The number of oxime groups is 1. The fraction of sp³-hybridized carbons (Fsp3) is 0.143. The van der Waals surface area contributed by atoms with E-state index in [2.05, 4.69) is 26.1 Å². The van der Waals surface area contributed by atoms with E-state index in [1.54, 1.807) is 24.4 Å². The Kier molecular flexibility index (Phi) is 4.27. The van der Waals surface area contributed by atoms with E-state index in [0.29, 0.717) is 29.0 Å². The van der Waals surface area contributed by atoms with Gasteiger partial charge in [0.15, 0.2) is 0 Å². The molecule has 0 aliphatic heterocycles. The van der Waals surface area contributed by atoms with Crippen LogP contribution in [0.5, 0.6) is 0 Å². The van der Waals surface area contributed by atoms with Crippen molar-refractivity contribution in [1.82, 2.24) is 4.98 Å². The molecule has 0 atom stereocenters. The smallest absolute Gasteiger partial charge is 0.123 e. The van der Waals surface area contributed by atoms with Crippen LogP contribution in [0.1, 0.15) is 18.9 Å². The van der Waals surface area contributed by atoms with Gasteiger partial charge in [0.25, 0.3) is 0 Å². The number of aromatic nitrogens is 1. The SMILES string of the molecule is CCC(=NO)c1ccc(F)cc1-c1cc(Br)ccn1. The molecular weight excluding hydrogens is 311 g/mol. The number of nitrogens with zero attached hydrogens (tertiary/aromatic N) is 2. The summed E-state index contributed by atoms with van der Waals surface area (Å²) in [6.07, 6.45) is 2.18. The van der Waals surface area contributed by atoms with E-state index in [-0.39, 0.29) is 5.82 Å². The van der Waals surface area contributed by atoms with Crippen molar-refractivity contribution in [3.8, 4) is 11.3 Å². The average Bonchev–Trinajstić information content (AvgIpc) is 2.41. The summed E-state index contributed by atoms with van der Waals surface area (Å²) in [5.74, 6) is -0.353. The maximum absolute atomic E-state index is 13.5. The van der Waals surface area contributed by atoms with Gasteiger partial charge < -0.3 is 5.21 Å². The molecule has 0 radical (unpaired) electrons. The molecule has 0 aliphatic rings. The fourth-order valence-corrected chi connectivity index (χ4v) is 2.18. The second kappa shape index (κ2) is 5.93. The van der Waals surface area contributed by atoms with Crippen LogP contribution in [-0.2, 0) is 0 Å². The normalized spacial score (nSPS) is 11.6. The standard InChI is InChI=1S/C14H12BrFN2O/c1-2-13(18-19)11-4-3-10(16)8-12(11)14-7-9(15)5-6-17-14/h3-8,19H,2H2,1H3. The van der Waals surface area contributed by atoms with Crippen molar-refractivity contribution < 1.29 is 9.60 Å². The minimum absolute atomic E-state index is 0.353. The van der Waals surface area contributed by atoms with Gasteiger partial charge in [0, 0.05) is 21.8 Å². The second-order valence-corrected chi connectivity index (χ2v) is 4.87. The predicted molar refractivity (Wildman–Crippen MR) is 75.9 cm³/mol. The molecule has 19 heavy (non-hydrogen) atoms. The number of benzene rings is 1. The van der Waals surface area contributed by atoms with Crippen molar-refractivity contribution in [3.63, 3.8) is 0 Å². The Morgan fingerprint density at radius 3 is 2.79 bits per heavy atom. The molecule has 1 aromatic carbocycles. The van der Waals surface area contributed by atoms with Crippen molar-refractivity contribution in [2.24, 2.45) is 5.16 Å². The third kappa shape index (κ3) is 2.98. The molecule has 5 heteroatoms. The number of hydrogen-bond acceptors (Lipinski definition) is 3. The quantitative estimate of drug-likeness (QED) is 0.522. The highest BCUT2D eigenvalue weighted by molar-refractivity contribution is 9.10. The van der Waals surface area contributed by atoms with Gasteiger partial charge >= 0.3 is 0 Å². The third-order valence-corrected chi connectivity index (χ3v) is 3.24. The highest BCUT2D eigenvalue weighted by Gasteiger charge is 2.12. The molecule has 0 saturated heterocycles. The Morgan fingerprint density at radius 2 is 2.16 bits per heavy atom. The molecule has 2 rings (SSSR count). The molecule has 0 bridgehead atoms. The fourth-order valence-electron chi connectivity index (χ4n) is 1.85. The predicted octanol–water partition coefficient (Wildman–Crippen LogP) is 4.24. The molecular formula is C14H12BrFN2O. The first-order valence-electron chi connectivity index (χ1n) is 5.78. The maximum atomic E-state index is 13.5. The lowest BCUT2D eigenvalue weighted by Crippen LogP contribution is -2.03. The topological polar surface area (TPSA) is 45.5 Å². The zero-order valence-electron chi connectivity index (χ0n) is 10.3. The van der Waals surface area contributed by atoms with Gasteiger partial charge in [-0.1, -0.05) is 28.0 Å². The Bertz CT molecular complexity index is 629. The van der Waals surface area contributed by atoms with E-state index in [1.807, 2.05) is 6.92 Å². The highest BCUT2D eigenvalue weighted by Crippen LogP contribution is 2.26. The molecule has 0 spiro atoms. The van der Waals surface area contributed by atoms with E-state index in [0.717, 1.165) is 4.47 Å². The molecule has 0 fully saturated rings. The largest absolute Gasteiger partial charge is 0.411 e. The molecule has 0 amide bonds. The molecule has 0 unspecified atom stereocenters. The number of rotatable bonds is 3. The summed E-state index contributed by atoms with van der Waals surface area (Å²) >= 11 is 3.36. The van der Waals surface area contributed by atoms with Crippen LogP contribution in [0.15, 0.2) is 46.2 Å². The molecule has 1 aromatic heterocycles. The van der Waals surface area contributed by atoms with Crippen molar-refractivity contribution >= 4 is 21.6 Å². The summed E-state index contributed by atoms with van der Waals surface area (Å²) in [6, 6.07) is 7.93. The highest BCUT2D eigenvalue weighted by atomic mass is 79.9. The van der Waals surface area contributed by atoms with E-state index in [1.165, 1.54) is 12.1 Å². The average molecular weight is 323 g/mol. The van der Waals surface area contributed by atoms with E-state index in [4.69, 9.17) is 5.21 Å². The van der Waals surface area contributed by atoms with Gasteiger partial charge in [-0.3, -0.25) is 4.98 Å². The van der Waals surface area contributed by atoms with Gasteiger partial charge in [-0.15, -0.1) is 0 Å². The van der Waals surface area contributed by atoms with Gasteiger partial charge in [-0.25, -0.2) is 4.39 Å². The van der Waals surface area contributed by atoms with Crippen LogP contribution in [0.25, 0.3) is 11.3 Å². The lowest BCUT2D eigenvalue weighted by molar-refractivity contribution is 0.318. The summed E-state index contributed by atoms with van der Waals surface area (Å²) < 4.78 is 14.3. The van der Waals surface area contributed by atoms with Crippen LogP contribution in [0.2, 0.25) is 0 Å². The minimum atomic E-state index is -0.353. The second-order valence-electron chi connectivity index (χ2n) is 3.95. The van der Waals surface area contributed by atoms with Crippen molar-refractivity contribution in [2.45, 2.75) is 13.3 Å². The molecule has 0 saturated carbocycles. The molecule has 1 heterocycles. The Morgan fingerprint density at radius 1 is 1.37 bits per heavy atom.